The van der Waals surface area contributed by atoms with Crippen molar-refractivity contribution in [3.8, 4) is 46.0 Å². The van der Waals surface area contributed by atoms with E-state index < -0.39 is 0 Å². The summed E-state index contributed by atoms with van der Waals surface area (Å²) in [4.78, 5) is 0. The Balaban J connectivity index is 0.987. The second-order valence-electron chi connectivity index (χ2n) is 19.6. The number of anilines is 8. The van der Waals surface area contributed by atoms with Gasteiger partial charge in [-0.3, -0.25) is 0 Å². The normalized spacial score (nSPS) is 11.1. The summed E-state index contributed by atoms with van der Waals surface area (Å²) in [5, 5.41) is 14.5. The number of hydrogen-bond acceptors (Lipinski definition) is 10. The number of unbranched alkanes of at least 4 members (excludes halogenated alkanes) is 4. The van der Waals surface area contributed by atoms with Crippen molar-refractivity contribution < 1.29 is 28.4 Å². The molecule has 8 rings (SSSR count). The van der Waals surface area contributed by atoms with Gasteiger partial charge in [0.15, 0.2) is 11.5 Å². The van der Waals surface area contributed by atoms with Crippen LogP contribution in [-0.4, -0.2) is 26.4 Å². The molecule has 0 spiro atoms. The molecule has 10 nitrogen and oxygen atoms in total. The first-order valence-electron chi connectivity index (χ1n) is 27.5. The molecule has 0 aliphatic rings. The lowest BCUT2D eigenvalue weighted by molar-refractivity contribution is 0.309. The van der Waals surface area contributed by atoms with Crippen LogP contribution in [0.5, 0.6) is 46.0 Å². The number of ether oxygens (including phenoxy) is 6. The number of rotatable bonds is 30. The molecule has 8 aromatic rings. The molecule has 0 bridgehead atoms. The van der Waals surface area contributed by atoms with Crippen molar-refractivity contribution in [1.29, 1.82) is 0 Å². The maximum absolute atomic E-state index is 6.72. The molecule has 0 fully saturated rings. The summed E-state index contributed by atoms with van der Waals surface area (Å²) >= 11 is 0. The van der Waals surface area contributed by atoms with Gasteiger partial charge in [-0.05, 0) is 182 Å². The molecule has 77 heavy (non-hydrogen) atoms. The van der Waals surface area contributed by atoms with Gasteiger partial charge in [0.2, 0.25) is 0 Å². The largest absolute Gasteiger partial charge is 0.494 e. The van der Waals surface area contributed by atoms with E-state index in [0.29, 0.717) is 49.4 Å². The van der Waals surface area contributed by atoms with Gasteiger partial charge in [-0.15, -0.1) is 0 Å². The number of nitrogens with one attached hydrogen (secondary N) is 4. The lowest BCUT2D eigenvalue weighted by atomic mass is 9.78. The van der Waals surface area contributed by atoms with Gasteiger partial charge < -0.3 is 49.7 Å². The van der Waals surface area contributed by atoms with Crippen molar-refractivity contribution in [3.63, 3.8) is 0 Å². The van der Waals surface area contributed by atoms with Crippen molar-refractivity contribution in [2.45, 2.75) is 98.3 Å². The van der Waals surface area contributed by atoms with Gasteiger partial charge >= 0.3 is 0 Å². The van der Waals surface area contributed by atoms with E-state index in [1.165, 1.54) is 0 Å². The third-order valence-electron chi connectivity index (χ3n) is 13.2. The zero-order valence-electron chi connectivity index (χ0n) is 45.8. The van der Waals surface area contributed by atoms with Crippen LogP contribution in [0.1, 0.15) is 104 Å². The van der Waals surface area contributed by atoms with Gasteiger partial charge in [0, 0.05) is 28.2 Å². The molecule has 10 heteroatoms. The Kier molecular flexibility index (Phi) is 20.0. The van der Waals surface area contributed by atoms with E-state index >= 15 is 0 Å². The zero-order valence-corrected chi connectivity index (χ0v) is 45.8. The van der Waals surface area contributed by atoms with Crippen LogP contribution in [0.15, 0.2) is 182 Å². The molecule has 0 atom stereocenters. The monoisotopic (exact) mass is 1030 g/mol. The Bertz CT molecular complexity index is 2810. The molecule has 0 aliphatic carbocycles. The summed E-state index contributed by atoms with van der Waals surface area (Å²) in [6.45, 7) is 15.9. The van der Waals surface area contributed by atoms with Gasteiger partial charge in [-0.1, -0.05) is 104 Å². The van der Waals surface area contributed by atoms with Crippen LogP contribution in [0.25, 0.3) is 0 Å². The predicted octanol–water partition coefficient (Wildman–Crippen LogP) is 19.3. The van der Waals surface area contributed by atoms with Gasteiger partial charge in [0.1, 0.15) is 45.9 Å². The van der Waals surface area contributed by atoms with Crippen LogP contribution in [0.2, 0.25) is 0 Å². The number of hydrogen-bond donors (Lipinski definition) is 4. The summed E-state index contributed by atoms with van der Waals surface area (Å²) in [5.41, 5.74) is 8.94. The number of benzene rings is 8. The maximum Gasteiger partial charge on any atom is 0.153 e. The third-order valence-corrected chi connectivity index (χ3v) is 13.2. The minimum Gasteiger partial charge on any atom is -0.494 e. The molecule has 8 aromatic carbocycles. The van der Waals surface area contributed by atoms with Gasteiger partial charge in [-0.2, -0.15) is 0 Å². The fraction of sp³-hybridized carbons (Fsp3) is 0.284. The molecule has 400 valence electrons. The molecular formula is C67H76N4O6. The van der Waals surface area contributed by atoms with E-state index in [2.05, 4.69) is 87.1 Å². The Morgan fingerprint density at radius 2 is 0.584 bits per heavy atom. The summed E-state index contributed by atoms with van der Waals surface area (Å²) in [7, 11) is 0. The van der Waals surface area contributed by atoms with Crippen LogP contribution >= 0.6 is 0 Å². The smallest absolute Gasteiger partial charge is 0.153 e. The van der Waals surface area contributed by atoms with E-state index in [9.17, 15) is 0 Å². The first-order valence-corrected chi connectivity index (χ1v) is 27.5. The highest BCUT2D eigenvalue weighted by atomic mass is 16.5. The summed E-state index contributed by atoms with van der Waals surface area (Å²) in [6, 6.07) is 61.0. The van der Waals surface area contributed by atoms with Gasteiger partial charge in [-0.25, -0.2) is 0 Å². The van der Waals surface area contributed by atoms with Crippen LogP contribution in [-0.2, 0) is 5.41 Å². The van der Waals surface area contributed by atoms with Crippen molar-refractivity contribution in [1.82, 2.24) is 0 Å². The van der Waals surface area contributed by atoms with E-state index in [-0.39, 0.29) is 5.41 Å². The maximum atomic E-state index is 6.72. The highest BCUT2D eigenvalue weighted by molar-refractivity contribution is 5.85. The van der Waals surface area contributed by atoms with Gasteiger partial charge in [0.25, 0.3) is 0 Å². The second kappa shape index (κ2) is 28.1. The minimum absolute atomic E-state index is 0.337. The third kappa shape index (κ3) is 15.9. The molecule has 4 N–H and O–H groups in total. The molecular weight excluding hydrogens is 957 g/mol. The van der Waals surface area contributed by atoms with Crippen LogP contribution in [0.3, 0.4) is 0 Å². The predicted molar refractivity (Wildman–Crippen MR) is 319 cm³/mol. The van der Waals surface area contributed by atoms with Crippen molar-refractivity contribution in [3.05, 3.63) is 193 Å². The van der Waals surface area contributed by atoms with Crippen molar-refractivity contribution >= 4 is 45.5 Å². The topological polar surface area (TPSA) is 104 Å². The molecule has 0 amide bonds. The van der Waals surface area contributed by atoms with E-state index in [1.54, 1.807) is 0 Å². The van der Waals surface area contributed by atoms with E-state index in [4.69, 9.17) is 28.4 Å². The molecule has 0 saturated carbocycles. The molecule has 0 heterocycles. The fourth-order valence-corrected chi connectivity index (χ4v) is 8.47. The molecule has 0 aliphatic heterocycles. The highest BCUT2D eigenvalue weighted by Crippen LogP contribution is 2.43. The summed E-state index contributed by atoms with van der Waals surface area (Å²) in [6.07, 6.45) is 8.42. The number of para-hydroxylation sites is 2. The first kappa shape index (κ1) is 55.0. The van der Waals surface area contributed by atoms with E-state index in [1.807, 2.05) is 158 Å². The van der Waals surface area contributed by atoms with Crippen molar-refractivity contribution in [2.24, 2.45) is 0 Å². The molecule has 0 unspecified atom stereocenters. The van der Waals surface area contributed by atoms with Gasteiger partial charge in [0.05, 0.1) is 37.8 Å². The fourth-order valence-electron chi connectivity index (χ4n) is 8.47. The van der Waals surface area contributed by atoms with Crippen LogP contribution in [0, 0.1) is 0 Å². The van der Waals surface area contributed by atoms with Crippen molar-refractivity contribution in [2.75, 3.05) is 47.7 Å². The Morgan fingerprint density at radius 1 is 0.312 bits per heavy atom. The van der Waals surface area contributed by atoms with Crippen LogP contribution in [0.4, 0.5) is 45.5 Å². The van der Waals surface area contributed by atoms with E-state index in [0.717, 1.165) is 131 Å². The average molecular weight is 1030 g/mol. The summed E-state index contributed by atoms with van der Waals surface area (Å²) < 4.78 is 37.2. The SMILES string of the molecule is CCCCOc1ccc(Nc2cccc(Oc3ccc(C(C)(C)c4ccc(Oc5cccc(Nc6ccc(OCCCC)cc6)c5Nc5ccc(OCCCC)cc5)cc4)cc3)c2Nc2ccc(OCCCC)cc2)cc1. The van der Waals surface area contributed by atoms with Crippen LogP contribution < -0.4 is 49.7 Å². The first-order chi connectivity index (χ1) is 37.7. The lowest BCUT2D eigenvalue weighted by Gasteiger charge is -2.27. The second-order valence-corrected chi connectivity index (χ2v) is 19.6. The summed E-state index contributed by atoms with van der Waals surface area (Å²) in [5.74, 6) is 6.17. The minimum atomic E-state index is -0.337. The zero-order chi connectivity index (χ0) is 53.7. The average Bonchev–Trinajstić information content (AvgIpc) is 3.45. The lowest BCUT2D eigenvalue weighted by Crippen LogP contribution is -2.18. The molecule has 0 radical (unpaired) electrons. The Morgan fingerprint density at radius 3 is 0.870 bits per heavy atom. The molecule has 0 aromatic heterocycles. The highest BCUT2D eigenvalue weighted by Gasteiger charge is 2.24. The quantitative estimate of drug-likeness (QED) is 0.0326. The Labute approximate surface area is 457 Å². The Hall–Kier alpha value is -8.24. The standard InChI is InChI=1S/C67H76N4O6/c1-7-11-45-72-55-37-25-51(26-38-55)68-61-17-15-19-63(65(61)70-53-29-41-57(42-30-53)74-47-13-9-3)76-59-33-21-49(22-34-59)67(5,6)50-23-35-60(36-24-50)77-64-20-16-18-62(69-52-27-39-56(40-28-52)73-46-12-8-2)66(64)71-54-31-43-58(44-32-54)75-48-14-10-4/h15-44,68-71H,7-14,45-48H2,1-6H3. The molecule has 0 saturated heterocycles.